The van der Waals surface area contributed by atoms with Gasteiger partial charge in [0.25, 0.3) is 0 Å². The van der Waals surface area contributed by atoms with Crippen LogP contribution in [-0.2, 0) is 0 Å². The van der Waals surface area contributed by atoms with Crippen LogP contribution in [0.15, 0.2) is 18.2 Å². The molecule has 0 atom stereocenters. The van der Waals surface area contributed by atoms with Crippen molar-refractivity contribution in [3.8, 4) is 5.75 Å². The molecule has 1 aromatic carbocycles. The number of hydrogen-bond donors (Lipinski definition) is 0. The zero-order chi connectivity index (χ0) is 9.14. The maximum Gasteiger partial charge on any atom is 0.142 e. The first kappa shape index (κ1) is 8.91. The molecule has 0 bridgehead atoms. The molecule has 0 aliphatic heterocycles. The SMILES string of the molecule is COc1cccc(C)c1N(C)C. The van der Waals surface area contributed by atoms with Gasteiger partial charge in [0.05, 0.1) is 12.8 Å². The summed E-state index contributed by atoms with van der Waals surface area (Å²) in [6, 6.07) is 6.06. The van der Waals surface area contributed by atoms with E-state index >= 15 is 0 Å². The molecule has 0 N–H and O–H groups in total. The zero-order valence-electron chi connectivity index (χ0n) is 8.09. The van der Waals surface area contributed by atoms with Crippen LogP contribution in [-0.4, -0.2) is 21.2 Å². The van der Waals surface area contributed by atoms with Crippen LogP contribution in [0.25, 0.3) is 0 Å². The first-order chi connectivity index (χ1) is 5.66. The third-order valence-corrected chi connectivity index (χ3v) is 1.87. The second kappa shape index (κ2) is 3.48. The van der Waals surface area contributed by atoms with Crippen molar-refractivity contribution in [2.45, 2.75) is 6.92 Å². The maximum absolute atomic E-state index is 5.25. The van der Waals surface area contributed by atoms with E-state index in [0.717, 1.165) is 11.4 Å². The molecule has 0 aliphatic rings. The molecule has 0 fully saturated rings. The van der Waals surface area contributed by atoms with Crippen molar-refractivity contribution in [3.05, 3.63) is 23.8 Å². The van der Waals surface area contributed by atoms with E-state index in [1.807, 2.05) is 26.2 Å². The smallest absolute Gasteiger partial charge is 0.142 e. The number of aryl methyl sites for hydroxylation is 1. The third-order valence-electron chi connectivity index (χ3n) is 1.87. The molecular weight excluding hydrogens is 150 g/mol. The average Bonchev–Trinajstić information content (AvgIpc) is 2.03. The van der Waals surface area contributed by atoms with Crippen molar-refractivity contribution in [2.75, 3.05) is 26.1 Å². The summed E-state index contributed by atoms with van der Waals surface area (Å²) in [6.45, 7) is 2.08. The van der Waals surface area contributed by atoms with Crippen LogP contribution in [0.3, 0.4) is 0 Å². The predicted molar refractivity (Wildman–Crippen MR) is 52.1 cm³/mol. The van der Waals surface area contributed by atoms with Gasteiger partial charge in [-0.3, -0.25) is 0 Å². The van der Waals surface area contributed by atoms with Crippen LogP contribution in [0.4, 0.5) is 5.69 Å². The minimum absolute atomic E-state index is 0.931. The second-order valence-corrected chi connectivity index (χ2v) is 3.02. The van der Waals surface area contributed by atoms with E-state index in [-0.39, 0.29) is 0 Å². The van der Waals surface area contributed by atoms with Gasteiger partial charge in [-0.15, -0.1) is 0 Å². The lowest BCUT2D eigenvalue weighted by molar-refractivity contribution is 0.415. The molecule has 12 heavy (non-hydrogen) atoms. The minimum atomic E-state index is 0.931. The summed E-state index contributed by atoms with van der Waals surface area (Å²) >= 11 is 0. The number of para-hydroxylation sites is 1. The van der Waals surface area contributed by atoms with Crippen molar-refractivity contribution in [1.82, 2.24) is 0 Å². The number of anilines is 1. The lowest BCUT2D eigenvalue weighted by Gasteiger charge is -2.18. The Morgan fingerprint density at radius 1 is 1.25 bits per heavy atom. The molecule has 2 heteroatoms. The molecule has 0 saturated heterocycles. The summed E-state index contributed by atoms with van der Waals surface area (Å²) in [6.07, 6.45) is 0. The quantitative estimate of drug-likeness (QED) is 0.665. The van der Waals surface area contributed by atoms with Crippen molar-refractivity contribution >= 4 is 5.69 Å². The van der Waals surface area contributed by atoms with E-state index in [1.165, 1.54) is 5.56 Å². The monoisotopic (exact) mass is 165 g/mol. The van der Waals surface area contributed by atoms with E-state index in [0.29, 0.717) is 0 Å². The van der Waals surface area contributed by atoms with Crippen molar-refractivity contribution in [2.24, 2.45) is 0 Å². The number of hydrogen-bond acceptors (Lipinski definition) is 2. The van der Waals surface area contributed by atoms with Gasteiger partial charge in [0, 0.05) is 14.1 Å². The predicted octanol–water partition coefficient (Wildman–Crippen LogP) is 2.07. The molecule has 0 radical (unpaired) electrons. The first-order valence-corrected chi connectivity index (χ1v) is 3.97. The Balaban J connectivity index is 3.20. The lowest BCUT2D eigenvalue weighted by atomic mass is 10.2. The largest absolute Gasteiger partial charge is 0.495 e. The topological polar surface area (TPSA) is 12.5 Å². The maximum atomic E-state index is 5.25. The van der Waals surface area contributed by atoms with Gasteiger partial charge in [0.1, 0.15) is 5.75 Å². The Bertz CT molecular complexity index is 269. The van der Waals surface area contributed by atoms with Crippen LogP contribution in [0, 0.1) is 6.92 Å². The van der Waals surface area contributed by atoms with Crippen molar-refractivity contribution in [1.29, 1.82) is 0 Å². The normalized spacial score (nSPS) is 9.67. The van der Waals surface area contributed by atoms with E-state index in [1.54, 1.807) is 7.11 Å². The van der Waals surface area contributed by atoms with E-state index in [2.05, 4.69) is 17.9 Å². The summed E-state index contributed by atoms with van der Waals surface area (Å²) in [7, 11) is 5.73. The molecular formula is C10H15NO. The number of benzene rings is 1. The van der Waals surface area contributed by atoms with E-state index in [9.17, 15) is 0 Å². The highest BCUT2D eigenvalue weighted by molar-refractivity contribution is 5.62. The second-order valence-electron chi connectivity index (χ2n) is 3.02. The Kier molecular flexibility index (Phi) is 2.58. The summed E-state index contributed by atoms with van der Waals surface area (Å²) < 4.78 is 5.25. The van der Waals surface area contributed by atoms with Gasteiger partial charge in [0.2, 0.25) is 0 Å². The van der Waals surface area contributed by atoms with Crippen molar-refractivity contribution < 1.29 is 4.74 Å². The lowest BCUT2D eigenvalue weighted by Crippen LogP contribution is -2.11. The Labute approximate surface area is 73.8 Å². The number of methoxy groups -OCH3 is 1. The Morgan fingerprint density at radius 3 is 2.33 bits per heavy atom. The van der Waals surface area contributed by atoms with Crippen LogP contribution in [0.2, 0.25) is 0 Å². The van der Waals surface area contributed by atoms with Gasteiger partial charge in [-0.25, -0.2) is 0 Å². The van der Waals surface area contributed by atoms with Gasteiger partial charge >= 0.3 is 0 Å². The minimum Gasteiger partial charge on any atom is -0.495 e. The molecule has 66 valence electrons. The zero-order valence-corrected chi connectivity index (χ0v) is 8.09. The summed E-state index contributed by atoms with van der Waals surface area (Å²) in [4.78, 5) is 2.06. The van der Waals surface area contributed by atoms with Gasteiger partial charge in [-0.05, 0) is 18.6 Å². The molecule has 2 nitrogen and oxygen atoms in total. The molecule has 0 saturated carbocycles. The molecule has 0 heterocycles. The van der Waals surface area contributed by atoms with Crippen LogP contribution < -0.4 is 9.64 Å². The highest BCUT2D eigenvalue weighted by Gasteiger charge is 2.06. The summed E-state index contributed by atoms with van der Waals surface area (Å²) in [5.41, 5.74) is 2.39. The highest BCUT2D eigenvalue weighted by atomic mass is 16.5. The molecule has 0 aromatic heterocycles. The fourth-order valence-corrected chi connectivity index (χ4v) is 1.37. The fraction of sp³-hybridized carbons (Fsp3) is 0.400. The van der Waals surface area contributed by atoms with Crippen LogP contribution in [0.1, 0.15) is 5.56 Å². The van der Waals surface area contributed by atoms with Crippen LogP contribution in [0.5, 0.6) is 5.75 Å². The van der Waals surface area contributed by atoms with Gasteiger partial charge < -0.3 is 9.64 Å². The van der Waals surface area contributed by atoms with Gasteiger partial charge in [0.15, 0.2) is 0 Å². The molecule has 0 unspecified atom stereocenters. The molecule has 0 aliphatic carbocycles. The summed E-state index contributed by atoms with van der Waals surface area (Å²) in [5.74, 6) is 0.931. The van der Waals surface area contributed by atoms with E-state index < -0.39 is 0 Å². The van der Waals surface area contributed by atoms with Crippen molar-refractivity contribution in [3.63, 3.8) is 0 Å². The number of ether oxygens (including phenoxy) is 1. The highest BCUT2D eigenvalue weighted by Crippen LogP contribution is 2.29. The standard InChI is InChI=1S/C10H15NO/c1-8-6-5-7-9(12-4)10(8)11(2)3/h5-7H,1-4H3. The Hall–Kier alpha value is -1.18. The number of rotatable bonds is 2. The molecule has 1 aromatic rings. The van der Waals surface area contributed by atoms with Gasteiger partial charge in [-0.2, -0.15) is 0 Å². The molecule has 1 rings (SSSR count). The first-order valence-electron chi connectivity index (χ1n) is 3.97. The summed E-state index contributed by atoms with van der Waals surface area (Å²) in [5, 5.41) is 0. The Morgan fingerprint density at radius 2 is 1.92 bits per heavy atom. The average molecular weight is 165 g/mol. The number of nitrogens with zero attached hydrogens (tertiary/aromatic N) is 1. The van der Waals surface area contributed by atoms with Crippen LogP contribution >= 0.6 is 0 Å². The third kappa shape index (κ3) is 1.52. The molecule has 0 spiro atoms. The van der Waals surface area contributed by atoms with Gasteiger partial charge in [-0.1, -0.05) is 12.1 Å². The fourth-order valence-electron chi connectivity index (χ4n) is 1.37. The van der Waals surface area contributed by atoms with E-state index in [4.69, 9.17) is 4.74 Å². The molecule has 0 amide bonds.